The van der Waals surface area contributed by atoms with Crippen LogP contribution in [0.4, 0.5) is 5.69 Å². The van der Waals surface area contributed by atoms with Gasteiger partial charge in [-0.05, 0) is 59.9 Å². The Morgan fingerprint density at radius 2 is 2.08 bits per heavy atom. The minimum atomic E-state index is 0.0123. The average molecular weight is 375 g/mol. The van der Waals surface area contributed by atoms with Gasteiger partial charge in [0.25, 0.3) is 5.91 Å². The molecule has 4 rings (SSSR count). The molecule has 0 spiro atoms. The van der Waals surface area contributed by atoms with Crippen LogP contribution in [0.5, 0.6) is 0 Å². The number of halogens is 1. The van der Waals surface area contributed by atoms with E-state index in [0.29, 0.717) is 29.2 Å². The molecule has 2 amide bonds. The number of anilines is 1. The second-order valence-electron chi connectivity index (χ2n) is 6.53. The summed E-state index contributed by atoms with van der Waals surface area (Å²) < 4.78 is 0. The van der Waals surface area contributed by atoms with E-state index < -0.39 is 0 Å². The van der Waals surface area contributed by atoms with Crippen LogP contribution in [0.25, 0.3) is 0 Å². The third kappa shape index (κ3) is 3.07. The van der Waals surface area contributed by atoms with Crippen LogP contribution in [0.1, 0.15) is 47.6 Å². The maximum absolute atomic E-state index is 13.1. The predicted octanol–water partition coefficient (Wildman–Crippen LogP) is 4.51. The van der Waals surface area contributed by atoms with Crippen molar-refractivity contribution in [2.75, 3.05) is 18.0 Å². The standard InChI is InChI=1S/C19H19ClN2O2S/c20-15-6-5-13(11-17(15)21-8-2-4-18(21)23)19(24)22-9-1-3-16(22)14-7-10-25-12-14/h5-7,10-12,16H,1-4,8-9H2/t16-/m0/s1. The molecule has 4 nitrogen and oxygen atoms in total. The van der Waals surface area contributed by atoms with Gasteiger partial charge in [0.1, 0.15) is 0 Å². The van der Waals surface area contributed by atoms with Gasteiger partial charge in [0.2, 0.25) is 5.91 Å². The summed E-state index contributed by atoms with van der Waals surface area (Å²) in [6, 6.07) is 7.50. The number of hydrogen-bond donors (Lipinski definition) is 0. The van der Waals surface area contributed by atoms with Gasteiger partial charge in [-0.2, -0.15) is 11.3 Å². The van der Waals surface area contributed by atoms with Crippen molar-refractivity contribution in [3.63, 3.8) is 0 Å². The molecular weight excluding hydrogens is 356 g/mol. The van der Waals surface area contributed by atoms with Crippen molar-refractivity contribution in [2.24, 2.45) is 0 Å². The van der Waals surface area contributed by atoms with Crippen LogP contribution in [0.2, 0.25) is 5.02 Å². The van der Waals surface area contributed by atoms with Crippen molar-refractivity contribution >= 4 is 40.4 Å². The fraction of sp³-hybridized carbons (Fsp3) is 0.368. The number of rotatable bonds is 3. The summed E-state index contributed by atoms with van der Waals surface area (Å²) in [6.07, 6.45) is 3.38. The molecule has 0 saturated carbocycles. The highest BCUT2D eigenvalue weighted by Gasteiger charge is 2.32. The highest BCUT2D eigenvalue weighted by Crippen LogP contribution is 2.36. The molecule has 2 fully saturated rings. The largest absolute Gasteiger partial charge is 0.332 e. The van der Waals surface area contributed by atoms with E-state index in [1.807, 2.05) is 4.90 Å². The lowest BCUT2D eigenvalue weighted by atomic mass is 10.1. The van der Waals surface area contributed by atoms with Crippen molar-refractivity contribution in [2.45, 2.75) is 31.7 Å². The minimum absolute atomic E-state index is 0.0123. The number of amides is 2. The molecule has 3 heterocycles. The second kappa shape index (κ2) is 6.81. The summed E-state index contributed by atoms with van der Waals surface area (Å²) in [6.45, 7) is 1.43. The van der Waals surface area contributed by atoms with Crippen molar-refractivity contribution in [3.8, 4) is 0 Å². The van der Waals surface area contributed by atoms with E-state index in [2.05, 4.69) is 16.8 Å². The predicted molar refractivity (Wildman–Crippen MR) is 100 cm³/mol. The summed E-state index contributed by atoms with van der Waals surface area (Å²) in [4.78, 5) is 28.8. The quantitative estimate of drug-likeness (QED) is 0.793. The Morgan fingerprint density at radius 3 is 2.80 bits per heavy atom. The molecule has 25 heavy (non-hydrogen) atoms. The highest BCUT2D eigenvalue weighted by molar-refractivity contribution is 7.08. The Labute approximate surface area is 156 Å². The van der Waals surface area contributed by atoms with E-state index >= 15 is 0 Å². The zero-order valence-corrected chi connectivity index (χ0v) is 15.4. The SMILES string of the molecule is O=C1CCCN1c1cc(C(=O)N2CCC[C@H]2c2ccsc2)ccc1Cl. The van der Waals surface area contributed by atoms with Gasteiger partial charge in [-0.15, -0.1) is 0 Å². The van der Waals surface area contributed by atoms with Crippen LogP contribution < -0.4 is 4.90 Å². The van der Waals surface area contributed by atoms with Gasteiger partial charge in [0.05, 0.1) is 16.8 Å². The molecule has 2 aromatic rings. The van der Waals surface area contributed by atoms with Crippen LogP contribution in [0, 0.1) is 0 Å². The Hall–Kier alpha value is -1.85. The Kier molecular flexibility index (Phi) is 4.52. The molecule has 0 radical (unpaired) electrons. The number of benzene rings is 1. The summed E-state index contributed by atoms with van der Waals surface area (Å²) in [5.74, 6) is 0.0853. The van der Waals surface area contributed by atoms with Gasteiger partial charge in [-0.1, -0.05) is 11.6 Å². The molecule has 1 atom stereocenters. The second-order valence-corrected chi connectivity index (χ2v) is 7.72. The molecule has 2 aliphatic rings. The van der Waals surface area contributed by atoms with Gasteiger partial charge in [0, 0.05) is 25.1 Å². The monoisotopic (exact) mass is 374 g/mol. The van der Waals surface area contributed by atoms with Crippen LogP contribution in [-0.2, 0) is 4.79 Å². The molecule has 0 unspecified atom stereocenters. The van der Waals surface area contributed by atoms with Crippen molar-refractivity contribution < 1.29 is 9.59 Å². The molecule has 0 bridgehead atoms. The number of hydrogen-bond acceptors (Lipinski definition) is 3. The first-order chi connectivity index (χ1) is 12.1. The minimum Gasteiger partial charge on any atom is -0.332 e. The third-order valence-corrected chi connectivity index (χ3v) is 6.02. The average Bonchev–Trinajstić information content (AvgIpc) is 3.35. The first-order valence-corrected chi connectivity index (χ1v) is 9.90. The van der Waals surface area contributed by atoms with E-state index in [1.165, 1.54) is 5.56 Å². The van der Waals surface area contributed by atoms with Crippen molar-refractivity contribution in [3.05, 3.63) is 51.2 Å². The van der Waals surface area contributed by atoms with Gasteiger partial charge in [0.15, 0.2) is 0 Å². The molecule has 1 aromatic heterocycles. The molecule has 2 saturated heterocycles. The first-order valence-electron chi connectivity index (χ1n) is 8.58. The number of carbonyl (C=O) groups is 2. The van der Waals surface area contributed by atoms with Crippen LogP contribution >= 0.6 is 22.9 Å². The number of thiophene rings is 1. The van der Waals surface area contributed by atoms with Gasteiger partial charge in [-0.3, -0.25) is 9.59 Å². The summed E-state index contributed by atoms with van der Waals surface area (Å²) >= 11 is 7.96. The molecule has 130 valence electrons. The van der Waals surface area contributed by atoms with E-state index in [9.17, 15) is 9.59 Å². The van der Waals surface area contributed by atoms with Crippen molar-refractivity contribution in [1.82, 2.24) is 4.90 Å². The molecule has 2 aliphatic heterocycles. The number of carbonyl (C=O) groups excluding carboxylic acids is 2. The lowest BCUT2D eigenvalue weighted by molar-refractivity contribution is -0.117. The lowest BCUT2D eigenvalue weighted by Gasteiger charge is -2.25. The van der Waals surface area contributed by atoms with E-state index in [1.54, 1.807) is 34.4 Å². The number of nitrogens with zero attached hydrogens (tertiary/aromatic N) is 2. The molecule has 0 N–H and O–H groups in total. The summed E-state index contributed by atoms with van der Waals surface area (Å²) in [5.41, 5.74) is 2.46. The number of likely N-dealkylation sites (tertiary alicyclic amines) is 1. The highest BCUT2D eigenvalue weighted by atomic mass is 35.5. The zero-order chi connectivity index (χ0) is 17.4. The van der Waals surface area contributed by atoms with Crippen molar-refractivity contribution in [1.29, 1.82) is 0 Å². The van der Waals surface area contributed by atoms with E-state index in [0.717, 1.165) is 25.8 Å². The third-order valence-electron chi connectivity index (χ3n) is 5.00. The molecule has 6 heteroatoms. The molecule has 1 aromatic carbocycles. The Bertz CT molecular complexity index is 806. The van der Waals surface area contributed by atoms with Gasteiger partial charge in [-0.25, -0.2) is 0 Å². The van der Waals surface area contributed by atoms with Crippen LogP contribution in [0.15, 0.2) is 35.0 Å². The zero-order valence-electron chi connectivity index (χ0n) is 13.8. The normalized spacial score (nSPS) is 20.5. The Balaban J connectivity index is 1.63. The smallest absolute Gasteiger partial charge is 0.254 e. The summed E-state index contributed by atoms with van der Waals surface area (Å²) in [7, 11) is 0. The first kappa shape index (κ1) is 16.6. The molecular formula is C19H19ClN2O2S. The maximum Gasteiger partial charge on any atom is 0.254 e. The van der Waals surface area contributed by atoms with E-state index in [-0.39, 0.29) is 17.9 Å². The van der Waals surface area contributed by atoms with Crippen LogP contribution in [0.3, 0.4) is 0 Å². The van der Waals surface area contributed by atoms with E-state index in [4.69, 9.17) is 11.6 Å². The fourth-order valence-electron chi connectivity index (χ4n) is 3.74. The lowest BCUT2D eigenvalue weighted by Crippen LogP contribution is -2.31. The molecule has 0 aliphatic carbocycles. The van der Waals surface area contributed by atoms with Crippen LogP contribution in [-0.4, -0.2) is 29.8 Å². The summed E-state index contributed by atoms with van der Waals surface area (Å²) in [5, 5.41) is 4.69. The van der Waals surface area contributed by atoms with Gasteiger partial charge < -0.3 is 9.80 Å². The van der Waals surface area contributed by atoms with Gasteiger partial charge >= 0.3 is 0 Å². The topological polar surface area (TPSA) is 40.6 Å². The Morgan fingerprint density at radius 1 is 1.20 bits per heavy atom. The maximum atomic E-state index is 13.1. The fourth-order valence-corrected chi connectivity index (χ4v) is 4.67.